The lowest BCUT2D eigenvalue weighted by Crippen LogP contribution is -2.44. The zero-order valence-electron chi connectivity index (χ0n) is 14.2. The van der Waals surface area contributed by atoms with Gasteiger partial charge < -0.3 is 5.32 Å². The second-order valence-corrected chi connectivity index (χ2v) is 6.84. The SMILES string of the molecule is O=C(NC1CCN(Cc2ccccc2)CC1)c1ccc([N+](=O)[O-])cc1Cl. The maximum atomic E-state index is 12.4. The topological polar surface area (TPSA) is 75.5 Å². The van der Waals surface area contributed by atoms with Crippen LogP contribution in [-0.2, 0) is 6.54 Å². The van der Waals surface area contributed by atoms with Crippen LogP contribution in [0.25, 0.3) is 0 Å². The number of benzene rings is 2. The lowest BCUT2D eigenvalue weighted by atomic mass is 10.0. The van der Waals surface area contributed by atoms with E-state index in [0.717, 1.165) is 32.5 Å². The van der Waals surface area contributed by atoms with Crippen LogP contribution in [-0.4, -0.2) is 34.9 Å². The standard InChI is InChI=1S/C19H20ClN3O3/c20-18-12-16(23(25)26)6-7-17(18)19(24)21-15-8-10-22(11-9-15)13-14-4-2-1-3-5-14/h1-7,12,15H,8-11,13H2,(H,21,24). The molecule has 2 aromatic rings. The second kappa shape index (κ2) is 8.29. The quantitative estimate of drug-likeness (QED) is 0.641. The lowest BCUT2D eigenvalue weighted by Gasteiger charge is -2.32. The van der Waals surface area contributed by atoms with E-state index in [-0.39, 0.29) is 28.2 Å². The Morgan fingerprint density at radius 3 is 2.50 bits per heavy atom. The molecule has 3 rings (SSSR count). The molecule has 0 aliphatic carbocycles. The summed E-state index contributed by atoms with van der Waals surface area (Å²) in [7, 11) is 0. The number of rotatable bonds is 5. The number of nitrogens with one attached hydrogen (secondary N) is 1. The summed E-state index contributed by atoms with van der Waals surface area (Å²) in [4.78, 5) is 25.0. The van der Waals surface area contributed by atoms with Gasteiger partial charge in [0.1, 0.15) is 0 Å². The molecule has 1 N–H and O–H groups in total. The molecule has 1 amide bonds. The largest absolute Gasteiger partial charge is 0.349 e. The van der Waals surface area contributed by atoms with Gasteiger partial charge in [0.05, 0.1) is 15.5 Å². The number of halogens is 1. The fraction of sp³-hybridized carbons (Fsp3) is 0.316. The van der Waals surface area contributed by atoms with Crippen LogP contribution >= 0.6 is 11.6 Å². The maximum absolute atomic E-state index is 12.4. The van der Waals surface area contributed by atoms with E-state index in [1.807, 2.05) is 18.2 Å². The van der Waals surface area contributed by atoms with Crippen LogP contribution in [0.5, 0.6) is 0 Å². The molecule has 2 aromatic carbocycles. The predicted octanol–water partition coefficient (Wildman–Crippen LogP) is 3.64. The fourth-order valence-electron chi connectivity index (χ4n) is 3.14. The summed E-state index contributed by atoms with van der Waals surface area (Å²) in [6.45, 7) is 2.73. The van der Waals surface area contributed by atoms with Gasteiger partial charge in [-0.2, -0.15) is 0 Å². The van der Waals surface area contributed by atoms with E-state index in [4.69, 9.17) is 11.6 Å². The van der Waals surface area contributed by atoms with Gasteiger partial charge in [0.15, 0.2) is 0 Å². The summed E-state index contributed by atoms with van der Waals surface area (Å²) in [6.07, 6.45) is 1.73. The summed E-state index contributed by atoms with van der Waals surface area (Å²) < 4.78 is 0. The molecule has 1 aliphatic rings. The minimum Gasteiger partial charge on any atom is -0.349 e. The van der Waals surface area contributed by atoms with Gasteiger partial charge in [-0.3, -0.25) is 19.8 Å². The number of amides is 1. The zero-order valence-corrected chi connectivity index (χ0v) is 15.0. The third kappa shape index (κ3) is 4.59. The van der Waals surface area contributed by atoms with E-state index in [0.29, 0.717) is 0 Å². The molecule has 26 heavy (non-hydrogen) atoms. The summed E-state index contributed by atoms with van der Waals surface area (Å²) in [5.41, 5.74) is 1.43. The van der Waals surface area contributed by atoms with E-state index >= 15 is 0 Å². The average molecular weight is 374 g/mol. The number of nitro groups is 1. The van der Waals surface area contributed by atoms with Gasteiger partial charge in [0, 0.05) is 37.8 Å². The van der Waals surface area contributed by atoms with Crippen LogP contribution in [0, 0.1) is 10.1 Å². The van der Waals surface area contributed by atoms with Crippen LogP contribution in [0.3, 0.4) is 0 Å². The minimum atomic E-state index is -0.532. The van der Waals surface area contributed by atoms with Gasteiger partial charge in [-0.05, 0) is 24.5 Å². The van der Waals surface area contributed by atoms with Gasteiger partial charge in [0.25, 0.3) is 11.6 Å². The highest BCUT2D eigenvalue weighted by molar-refractivity contribution is 6.34. The summed E-state index contributed by atoms with van der Waals surface area (Å²) >= 11 is 6.03. The minimum absolute atomic E-state index is 0.0841. The predicted molar refractivity (Wildman–Crippen MR) is 100 cm³/mol. The molecule has 0 spiro atoms. The molecular weight excluding hydrogens is 354 g/mol. The summed E-state index contributed by atoms with van der Waals surface area (Å²) in [5, 5.41) is 13.8. The molecule has 0 saturated carbocycles. The smallest absolute Gasteiger partial charge is 0.270 e. The van der Waals surface area contributed by atoms with Crippen molar-refractivity contribution in [1.29, 1.82) is 0 Å². The van der Waals surface area contributed by atoms with E-state index < -0.39 is 4.92 Å². The van der Waals surface area contributed by atoms with Crippen molar-refractivity contribution in [3.8, 4) is 0 Å². The average Bonchev–Trinajstić information content (AvgIpc) is 2.64. The normalized spacial score (nSPS) is 15.6. The van der Waals surface area contributed by atoms with E-state index in [1.54, 1.807) is 0 Å². The van der Waals surface area contributed by atoms with Crippen molar-refractivity contribution in [3.05, 3.63) is 74.8 Å². The van der Waals surface area contributed by atoms with E-state index in [9.17, 15) is 14.9 Å². The van der Waals surface area contributed by atoms with E-state index in [2.05, 4.69) is 22.3 Å². The lowest BCUT2D eigenvalue weighted by molar-refractivity contribution is -0.384. The first-order chi connectivity index (χ1) is 12.5. The van der Waals surface area contributed by atoms with E-state index in [1.165, 1.54) is 23.8 Å². The number of hydrogen-bond acceptors (Lipinski definition) is 4. The van der Waals surface area contributed by atoms with Crippen molar-refractivity contribution >= 4 is 23.2 Å². The highest BCUT2D eigenvalue weighted by atomic mass is 35.5. The number of carbonyl (C=O) groups excluding carboxylic acids is 1. The first kappa shape index (κ1) is 18.4. The number of hydrogen-bond donors (Lipinski definition) is 1. The monoisotopic (exact) mass is 373 g/mol. The van der Waals surface area contributed by atoms with Crippen LogP contribution < -0.4 is 5.32 Å². The molecular formula is C19H20ClN3O3. The number of likely N-dealkylation sites (tertiary alicyclic amines) is 1. The van der Waals surface area contributed by atoms with Crippen molar-refractivity contribution in [3.63, 3.8) is 0 Å². The van der Waals surface area contributed by atoms with Crippen molar-refractivity contribution in [2.24, 2.45) is 0 Å². The third-order valence-electron chi connectivity index (χ3n) is 4.58. The van der Waals surface area contributed by atoms with Gasteiger partial charge in [0.2, 0.25) is 0 Å². The zero-order chi connectivity index (χ0) is 18.5. The Hall–Kier alpha value is -2.44. The van der Waals surface area contributed by atoms with Gasteiger partial charge >= 0.3 is 0 Å². The molecule has 6 nitrogen and oxygen atoms in total. The Morgan fingerprint density at radius 1 is 1.19 bits per heavy atom. The molecule has 0 atom stereocenters. The van der Waals surface area contributed by atoms with Crippen LogP contribution in [0.4, 0.5) is 5.69 Å². The van der Waals surface area contributed by atoms with Crippen molar-refractivity contribution in [2.75, 3.05) is 13.1 Å². The molecule has 0 aromatic heterocycles. The van der Waals surface area contributed by atoms with Crippen molar-refractivity contribution < 1.29 is 9.72 Å². The summed E-state index contributed by atoms with van der Waals surface area (Å²) in [6, 6.07) is 14.3. The molecule has 7 heteroatoms. The number of non-ortho nitro benzene ring substituents is 1. The number of piperidine rings is 1. The molecule has 0 radical (unpaired) electrons. The van der Waals surface area contributed by atoms with Crippen LogP contribution in [0.15, 0.2) is 48.5 Å². The second-order valence-electron chi connectivity index (χ2n) is 6.43. The van der Waals surface area contributed by atoms with Gasteiger partial charge in [-0.25, -0.2) is 0 Å². The molecule has 1 aliphatic heterocycles. The molecule has 1 saturated heterocycles. The number of nitro benzene ring substituents is 1. The highest BCUT2D eigenvalue weighted by Gasteiger charge is 2.22. The Labute approximate surface area is 156 Å². The van der Waals surface area contributed by atoms with Gasteiger partial charge in [-0.1, -0.05) is 41.9 Å². The number of carbonyl (C=O) groups is 1. The van der Waals surface area contributed by atoms with Crippen molar-refractivity contribution in [1.82, 2.24) is 10.2 Å². The van der Waals surface area contributed by atoms with Crippen molar-refractivity contribution in [2.45, 2.75) is 25.4 Å². The third-order valence-corrected chi connectivity index (χ3v) is 4.89. The highest BCUT2D eigenvalue weighted by Crippen LogP contribution is 2.23. The molecule has 0 bridgehead atoms. The molecule has 0 unspecified atom stereocenters. The summed E-state index contributed by atoms with van der Waals surface area (Å²) in [5.74, 6) is -0.286. The van der Waals surface area contributed by atoms with Crippen LogP contribution in [0.2, 0.25) is 5.02 Å². The molecule has 1 heterocycles. The number of nitrogens with zero attached hydrogens (tertiary/aromatic N) is 2. The Morgan fingerprint density at radius 2 is 1.88 bits per heavy atom. The Bertz CT molecular complexity index is 790. The Kier molecular flexibility index (Phi) is 5.85. The first-order valence-corrected chi connectivity index (χ1v) is 8.92. The Balaban J connectivity index is 1.53. The first-order valence-electron chi connectivity index (χ1n) is 8.54. The fourth-order valence-corrected chi connectivity index (χ4v) is 3.40. The van der Waals surface area contributed by atoms with Gasteiger partial charge in [-0.15, -0.1) is 0 Å². The molecule has 136 valence electrons. The van der Waals surface area contributed by atoms with Crippen LogP contribution in [0.1, 0.15) is 28.8 Å². The maximum Gasteiger partial charge on any atom is 0.270 e. The molecule has 1 fully saturated rings.